The average Bonchev–Trinajstić information content (AvgIpc) is 2.52. The molecule has 1 N–H and O–H groups in total. The molecule has 0 saturated carbocycles. The summed E-state index contributed by atoms with van der Waals surface area (Å²) >= 11 is 0. The fourth-order valence-corrected chi connectivity index (χ4v) is 2.19. The van der Waals surface area contributed by atoms with Crippen LogP contribution in [0.1, 0.15) is 21.5 Å². The Balaban J connectivity index is 2.02. The number of hydrogen-bond acceptors (Lipinski definition) is 5. The molecule has 2 rings (SSSR count). The van der Waals surface area contributed by atoms with Crippen molar-refractivity contribution in [3.05, 3.63) is 69.3 Å². The van der Waals surface area contributed by atoms with Crippen LogP contribution in [0.15, 0.2) is 42.5 Å². The van der Waals surface area contributed by atoms with Crippen molar-refractivity contribution in [1.82, 2.24) is 0 Å². The Bertz CT molecular complexity index is 801. The van der Waals surface area contributed by atoms with Crippen LogP contribution < -0.4 is 5.32 Å². The van der Waals surface area contributed by atoms with Crippen molar-refractivity contribution in [3.63, 3.8) is 0 Å². The van der Waals surface area contributed by atoms with Gasteiger partial charge in [0.15, 0.2) is 6.61 Å². The number of para-hydroxylation sites is 1. The number of hydrogen-bond donors (Lipinski definition) is 1. The molecule has 0 radical (unpaired) electrons. The predicted molar refractivity (Wildman–Crippen MR) is 87.9 cm³/mol. The van der Waals surface area contributed by atoms with Gasteiger partial charge in [0.2, 0.25) is 0 Å². The number of amides is 1. The molecule has 0 atom stereocenters. The second-order valence-corrected chi connectivity index (χ2v) is 5.22. The van der Waals surface area contributed by atoms with Gasteiger partial charge in [-0.25, -0.2) is 4.79 Å². The summed E-state index contributed by atoms with van der Waals surface area (Å²) in [5.74, 6) is -1.44. The molecular formula is C17H16N2O5. The first-order valence-corrected chi connectivity index (χ1v) is 7.16. The van der Waals surface area contributed by atoms with Crippen LogP contribution >= 0.6 is 0 Å². The molecule has 2 aromatic rings. The molecule has 124 valence electrons. The lowest BCUT2D eigenvalue weighted by molar-refractivity contribution is -0.385. The lowest BCUT2D eigenvalue weighted by atomic mass is 10.1. The Morgan fingerprint density at radius 3 is 2.54 bits per heavy atom. The number of nitrogens with one attached hydrogen (secondary N) is 1. The van der Waals surface area contributed by atoms with Crippen LogP contribution in [0.3, 0.4) is 0 Å². The van der Waals surface area contributed by atoms with E-state index in [1.165, 1.54) is 25.1 Å². The molecule has 1 amide bonds. The normalized spacial score (nSPS) is 10.1. The maximum Gasteiger partial charge on any atom is 0.345 e. The van der Waals surface area contributed by atoms with Crippen LogP contribution in [0.25, 0.3) is 0 Å². The Kier molecular flexibility index (Phi) is 5.26. The number of ether oxygens (including phenoxy) is 1. The van der Waals surface area contributed by atoms with Gasteiger partial charge in [0.25, 0.3) is 11.6 Å². The van der Waals surface area contributed by atoms with Crippen LogP contribution in [0.2, 0.25) is 0 Å². The summed E-state index contributed by atoms with van der Waals surface area (Å²) in [6, 6.07) is 11.5. The van der Waals surface area contributed by atoms with Gasteiger partial charge in [-0.15, -0.1) is 0 Å². The minimum Gasteiger partial charge on any atom is -0.452 e. The third kappa shape index (κ3) is 4.16. The molecule has 7 heteroatoms. The Morgan fingerprint density at radius 2 is 1.88 bits per heavy atom. The summed E-state index contributed by atoms with van der Waals surface area (Å²) in [5, 5.41) is 13.7. The maximum atomic E-state index is 12.0. The highest BCUT2D eigenvalue weighted by Crippen LogP contribution is 2.23. The second-order valence-electron chi connectivity index (χ2n) is 5.22. The number of anilines is 1. The molecule has 0 fully saturated rings. The third-order valence-corrected chi connectivity index (χ3v) is 3.28. The zero-order valence-corrected chi connectivity index (χ0v) is 13.2. The van der Waals surface area contributed by atoms with Gasteiger partial charge >= 0.3 is 5.97 Å². The SMILES string of the molecule is Cc1cccc(NC(=O)COC(=O)c2cccc(C)c2[N+](=O)[O-])c1. The van der Waals surface area contributed by atoms with E-state index in [1.54, 1.807) is 18.2 Å². The summed E-state index contributed by atoms with van der Waals surface area (Å²) < 4.78 is 4.88. The predicted octanol–water partition coefficient (Wildman–Crippen LogP) is 3.01. The van der Waals surface area contributed by atoms with E-state index >= 15 is 0 Å². The maximum absolute atomic E-state index is 12.0. The molecule has 0 saturated heterocycles. The van der Waals surface area contributed by atoms with E-state index in [2.05, 4.69) is 5.32 Å². The van der Waals surface area contributed by atoms with Gasteiger partial charge in [0, 0.05) is 11.3 Å². The molecule has 24 heavy (non-hydrogen) atoms. The highest BCUT2D eigenvalue weighted by atomic mass is 16.6. The van der Waals surface area contributed by atoms with Gasteiger partial charge in [-0.05, 0) is 37.6 Å². The van der Waals surface area contributed by atoms with Gasteiger partial charge in [0.1, 0.15) is 5.56 Å². The van der Waals surface area contributed by atoms with Gasteiger partial charge < -0.3 is 10.1 Å². The molecule has 0 aliphatic carbocycles. The standard InChI is InChI=1S/C17H16N2O5/c1-11-5-3-7-13(9-11)18-15(20)10-24-17(21)14-8-4-6-12(2)16(14)19(22)23/h3-9H,10H2,1-2H3,(H,18,20). The first-order valence-electron chi connectivity index (χ1n) is 7.16. The molecular weight excluding hydrogens is 312 g/mol. The zero-order valence-electron chi connectivity index (χ0n) is 13.2. The molecule has 0 unspecified atom stereocenters. The van der Waals surface area contributed by atoms with Gasteiger partial charge in [-0.3, -0.25) is 14.9 Å². The molecule has 0 heterocycles. The molecule has 0 aromatic heterocycles. The van der Waals surface area contributed by atoms with Crippen molar-refractivity contribution in [3.8, 4) is 0 Å². The van der Waals surface area contributed by atoms with E-state index in [-0.39, 0.29) is 11.3 Å². The fourth-order valence-electron chi connectivity index (χ4n) is 2.19. The van der Waals surface area contributed by atoms with Crippen LogP contribution in [0.5, 0.6) is 0 Å². The average molecular weight is 328 g/mol. The third-order valence-electron chi connectivity index (χ3n) is 3.28. The number of nitrogens with zero attached hydrogens (tertiary/aromatic N) is 1. The number of carbonyl (C=O) groups is 2. The molecule has 0 aliphatic rings. The molecule has 0 bridgehead atoms. The quantitative estimate of drug-likeness (QED) is 0.517. The Hall–Kier alpha value is -3.22. The number of carbonyl (C=O) groups excluding carboxylic acids is 2. The largest absolute Gasteiger partial charge is 0.452 e. The lowest BCUT2D eigenvalue weighted by Gasteiger charge is -2.08. The lowest BCUT2D eigenvalue weighted by Crippen LogP contribution is -2.21. The minimum absolute atomic E-state index is 0.177. The van der Waals surface area contributed by atoms with Crippen LogP contribution in [0.4, 0.5) is 11.4 Å². The van der Waals surface area contributed by atoms with Crippen LogP contribution in [-0.2, 0) is 9.53 Å². The zero-order chi connectivity index (χ0) is 17.7. The van der Waals surface area contributed by atoms with Crippen molar-refractivity contribution < 1.29 is 19.2 Å². The van der Waals surface area contributed by atoms with Crippen molar-refractivity contribution in [2.24, 2.45) is 0 Å². The van der Waals surface area contributed by atoms with E-state index < -0.39 is 23.4 Å². The number of benzene rings is 2. The highest BCUT2D eigenvalue weighted by Gasteiger charge is 2.24. The highest BCUT2D eigenvalue weighted by molar-refractivity contribution is 5.97. The van der Waals surface area contributed by atoms with E-state index in [0.717, 1.165) is 5.56 Å². The molecule has 7 nitrogen and oxygen atoms in total. The van der Waals surface area contributed by atoms with Crippen LogP contribution in [0, 0.1) is 24.0 Å². The second kappa shape index (κ2) is 7.36. The number of nitro groups is 1. The summed E-state index contributed by atoms with van der Waals surface area (Å²) in [7, 11) is 0. The van der Waals surface area contributed by atoms with E-state index in [9.17, 15) is 19.7 Å². The first-order chi connectivity index (χ1) is 11.4. The van der Waals surface area contributed by atoms with Crippen molar-refractivity contribution in [2.45, 2.75) is 13.8 Å². The van der Waals surface area contributed by atoms with Gasteiger partial charge in [-0.2, -0.15) is 0 Å². The van der Waals surface area contributed by atoms with Crippen molar-refractivity contribution in [2.75, 3.05) is 11.9 Å². The number of esters is 1. The van der Waals surface area contributed by atoms with E-state index in [4.69, 9.17) is 4.74 Å². The van der Waals surface area contributed by atoms with Crippen LogP contribution in [-0.4, -0.2) is 23.4 Å². The van der Waals surface area contributed by atoms with Crippen molar-refractivity contribution >= 4 is 23.3 Å². The van der Waals surface area contributed by atoms with E-state index in [0.29, 0.717) is 11.3 Å². The molecule has 2 aromatic carbocycles. The van der Waals surface area contributed by atoms with Gasteiger partial charge in [-0.1, -0.05) is 24.3 Å². The fraction of sp³-hybridized carbons (Fsp3) is 0.176. The Morgan fingerprint density at radius 1 is 1.17 bits per heavy atom. The van der Waals surface area contributed by atoms with Gasteiger partial charge in [0.05, 0.1) is 4.92 Å². The molecule has 0 spiro atoms. The summed E-state index contributed by atoms with van der Waals surface area (Å²) in [6.45, 7) is 2.88. The summed E-state index contributed by atoms with van der Waals surface area (Å²) in [6.07, 6.45) is 0. The summed E-state index contributed by atoms with van der Waals surface area (Å²) in [4.78, 5) is 34.3. The number of aryl methyl sites for hydroxylation is 2. The summed E-state index contributed by atoms with van der Waals surface area (Å²) in [5.41, 5.74) is 1.40. The number of rotatable bonds is 5. The van der Waals surface area contributed by atoms with E-state index in [1.807, 2.05) is 13.0 Å². The van der Waals surface area contributed by atoms with Crippen molar-refractivity contribution in [1.29, 1.82) is 0 Å². The smallest absolute Gasteiger partial charge is 0.345 e. The Labute approximate surface area is 138 Å². The monoisotopic (exact) mass is 328 g/mol. The minimum atomic E-state index is -0.912. The first kappa shape index (κ1) is 17.1. The number of nitro benzene ring substituents is 1. The molecule has 0 aliphatic heterocycles. The topological polar surface area (TPSA) is 98.5 Å².